The van der Waals surface area contributed by atoms with Crippen LogP contribution in [0.1, 0.15) is 43.0 Å². The molecule has 20 heavy (non-hydrogen) atoms. The molecule has 1 saturated carbocycles. The van der Waals surface area contributed by atoms with E-state index >= 15 is 0 Å². The van der Waals surface area contributed by atoms with Crippen LogP contribution in [0.4, 0.5) is 0 Å². The molecule has 110 valence electrons. The van der Waals surface area contributed by atoms with Crippen LogP contribution < -0.4 is 4.72 Å². The first kappa shape index (κ1) is 15.0. The molecule has 0 saturated heterocycles. The second-order valence-electron chi connectivity index (χ2n) is 5.08. The van der Waals surface area contributed by atoms with Gasteiger partial charge in [0.25, 0.3) is 0 Å². The van der Waals surface area contributed by atoms with E-state index in [0.29, 0.717) is 0 Å². The van der Waals surface area contributed by atoms with Crippen molar-refractivity contribution in [3.05, 3.63) is 29.8 Å². The summed E-state index contributed by atoms with van der Waals surface area (Å²) in [6, 6.07) is 6.10. The number of carbonyl (C=O) groups is 1. The summed E-state index contributed by atoms with van der Waals surface area (Å²) < 4.78 is 32.4. The van der Waals surface area contributed by atoms with Crippen molar-refractivity contribution >= 4 is 16.0 Å². The van der Waals surface area contributed by atoms with Gasteiger partial charge in [0.1, 0.15) is 0 Å². The van der Waals surface area contributed by atoms with Crippen molar-refractivity contribution in [2.24, 2.45) is 0 Å². The van der Waals surface area contributed by atoms with Crippen LogP contribution in [0.5, 0.6) is 0 Å². The molecule has 0 spiro atoms. The molecule has 0 atom stereocenters. The quantitative estimate of drug-likeness (QED) is 0.845. The van der Waals surface area contributed by atoms with E-state index in [9.17, 15) is 13.2 Å². The molecule has 6 heteroatoms. The summed E-state index contributed by atoms with van der Waals surface area (Å²) in [4.78, 5) is 11.7. The summed E-state index contributed by atoms with van der Waals surface area (Å²) in [5, 5.41) is 0. The number of hydrogen-bond donors (Lipinski definition) is 1. The van der Waals surface area contributed by atoms with E-state index in [-0.39, 0.29) is 16.0 Å². The van der Waals surface area contributed by atoms with Crippen LogP contribution in [0.3, 0.4) is 0 Å². The Morgan fingerprint density at radius 1 is 1.35 bits per heavy atom. The molecular weight excluding hydrogens is 278 g/mol. The second kappa shape index (κ2) is 5.54. The monoisotopic (exact) mass is 297 g/mol. The highest BCUT2D eigenvalue weighted by Gasteiger charge is 2.39. The second-order valence-corrected chi connectivity index (χ2v) is 6.73. The van der Waals surface area contributed by atoms with E-state index < -0.39 is 16.0 Å². The van der Waals surface area contributed by atoms with Gasteiger partial charge in [0, 0.05) is 5.54 Å². The molecule has 2 rings (SSSR count). The molecule has 0 amide bonds. The third-order valence-corrected chi connectivity index (χ3v) is 5.56. The molecule has 0 unspecified atom stereocenters. The van der Waals surface area contributed by atoms with Gasteiger partial charge in [-0.2, -0.15) is 0 Å². The Bertz CT molecular complexity index is 600. The van der Waals surface area contributed by atoms with Gasteiger partial charge in [0.2, 0.25) is 10.0 Å². The average Bonchev–Trinajstić information content (AvgIpc) is 2.42. The summed E-state index contributed by atoms with van der Waals surface area (Å²) >= 11 is 0. The van der Waals surface area contributed by atoms with Gasteiger partial charge in [0.05, 0.1) is 17.6 Å². The highest BCUT2D eigenvalue weighted by molar-refractivity contribution is 7.89. The number of hydrogen-bond acceptors (Lipinski definition) is 4. The van der Waals surface area contributed by atoms with Crippen LogP contribution in [0.25, 0.3) is 0 Å². The van der Waals surface area contributed by atoms with Crippen LogP contribution in [0.2, 0.25) is 0 Å². The summed E-state index contributed by atoms with van der Waals surface area (Å²) in [5.74, 6) is -0.648. The molecule has 1 aliphatic rings. The zero-order valence-electron chi connectivity index (χ0n) is 11.7. The number of methoxy groups -OCH3 is 1. The lowest BCUT2D eigenvalue weighted by Crippen LogP contribution is -2.52. The SMILES string of the molecule is CCC1(NS(=O)(=O)c2ccccc2C(=O)OC)CCC1. The molecule has 0 radical (unpaired) electrons. The molecule has 0 aliphatic heterocycles. The van der Waals surface area contributed by atoms with Gasteiger partial charge in [-0.25, -0.2) is 17.9 Å². The fourth-order valence-corrected chi connectivity index (χ4v) is 4.18. The van der Waals surface area contributed by atoms with Gasteiger partial charge < -0.3 is 4.74 Å². The molecule has 0 bridgehead atoms. The third kappa shape index (κ3) is 2.71. The fourth-order valence-electron chi connectivity index (χ4n) is 2.45. The Morgan fingerprint density at radius 2 is 2.00 bits per heavy atom. The van der Waals surface area contributed by atoms with E-state index in [0.717, 1.165) is 25.7 Å². The Kier molecular flexibility index (Phi) is 4.15. The van der Waals surface area contributed by atoms with Crippen molar-refractivity contribution in [1.82, 2.24) is 4.72 Å². The molecule has 5 nitrogen and oxygen atoms in total. The minimum Gasteiger partial charge on any atom is -0.465 e. The van der Waals surface area contributed by atoms with Gasteiger partial charge in [-0.1, -0.05) is 19.1 Å². The minimum atomic E-state index is -3.73. The molecule has 0 aromatic heterocycles. The Morgan fingerprint density at radius 3 is 2.50 bits per heavy atom. The summed E-state index contributed by atoms with van der Waals surface area (Å²) in [6.07, 6.45) is 3.44. The predicted octanol–water partition coefficient (Wildman–Crippen LogP) is 2.08. The highest BCUT2D eigenvalue weighted by Crippen LogP contribution is 2.36. The molecule has 1 fully saturated rings. The zero-order valence-corrected chi connectivity index (χ0v) is 12.5. The number of sulfonamides is 1. The number of rotatable bonds is 5. The van der Waals surface area contributed by atoms with E-state index in [2.05, 4.69) is 9.46 Å². The lowest BCUT2D eigenvalue weighted by Gasteiger charge is -2.41. The number of ether oxygens (including phenoxy) is 1. The molecular formula is C14H19NO4S. The molecule has 1 N–H and O–H groups in total. The first-order valence-corrected chi connectivity index (χ1v) is 8.14. The Balaban J connectivity index is 2.37. The maximum atomic E-state index is 12.5. The van der Waals surface area contributed by atoms with Crippen LogP contribution >= 0.6 is 0 Å². The topological polar surface area (TPSA) is 72.5 Å². The van der Waals surface area contributed by atoms with Gasteiger partial charge in [0.15, 0.2) is 0 Å². The first-order chi connectivity index (χ1) is 9.44. The summed E-state index contributed by atoms with van der Waals surface area (Å²) in [6.45, 7) is 1.97. The van der Waals surface area contributed by atoms with Gasteiger partial charge >= 0.3 is 5.97 Å². The van der Waals surface area contributed by atoms with E-state index in [1.165, 1.54) is 19.2 Å². The maximum Gasteiger partial charge on any atom is 0.339 e. The van der Waals surface area contributed by atoms with Crippen LogP contribution in [0.15, 0.2) is 29.2 Å². The summed E-state index contributed by atoms with van der Waals surface area (Å²) in [5.41, 5.74) is -0.296. The smallest absolute Gasteiger partial charge is 0.339 e. The van der Waals surface area contributed by atoms with Crippen LogP contribution in [0, 0.1) is 0 Å². The molecule has 0 heterocycles. The minimum absolute atomic E-state index is 0.0217. The number of carbonyl (C=O) groups excluding carboxylic acids is 1. The largest absolute Gasteiger partial charge is 0.465 e. The lowest BCUT2D eigenvalue weighted by atomic mass is 9.76. The molecule has 1 aromatic carbocycles. The van der Waals surface area contributed by atoms with E-state index in [4.69, 9.17) is 0 Å². The van der Waals surface area contributed by atoms with E-state index in [1.54, 1.807) is 12.1 Å². The number of nitrogens with one attached hydrogen (secondary N) is 1. The molecule has 1 aromatic rings. The van der Waals surface area contributed by atoms with Crippen molar-refractivity contribution in [3.63, 3.8) is 0 Å². The predicted molar refractivity (Wildman–Crippen MR) is 75.0 cm³/mol. The van der Waals surface area contributed by atoms with E-state index in [1.807, 2.05) is 6.92 Å². The van der Waals surface area contributed by atoms with Gasteiger partial charge in [-0.05, 0) is 37.8 Å². The first-order valence-electron chi connectivity index (χ1n) is 6.65. The van der Waals surface area contributed by atoms with Crippen molar-refractivity contribution < 1.29 is 17.9 Å². The average molecular weight is 297 g/mol. The number of benzene rings is 1. The Labute approximate surface area is 119 Å². The Hall–Kier alpha value is -1.40. The van der Waals surface area contributed by atoms with Crippen molar-refractivity contribution in [1.29, 1.82) is 0 Å². The van der Waals surface area contributed by atoms with Gasteiger partial charge in [-0.15, -0.1) is 0 Å². The van der Waals surface area contributed by atoms with Crippen molar-refractivity contribution in [2.75, 3.05) is 7.11 Å². The van der Waals surface area contributed by atoms with Crippen molar-refractivity contribution in [2.45, 2.75) is 43.0 Å². The van der Waals surface area contributed by atoms with Crippen LogP contribution in [-0.2, 0) is 14.8 Å². The standard InChI is InChI=1S/C14H19NO4S/c1-3-14(9-6-10-14)15-20(17,18)12-8-5-4-7-11(12)13(16)19-2/h4-5,7-8,15H,3,6,9-10H2,1-2H3. The summed E-state index contributed by atoms with van der Waals surface area (Å²) in [7, 11) is -2.49. The van der Waals surface area contributed by atoms with Gasteiger partial charge in [-0.3, -0.25) is 0 Å². The van der Waals surface area contributed by atoms with Crippen LogP contribution in [-0.4, -0.2) is 27.0 Å². The lowest BCUT2D eigenvalue weighted by molar-refractivity contribution is 0.0596. The third-order valence-electron chi connectivity index (χ3n) is 3.92. The zero-order chi connectivity index (χ0) is 14.8. The number of esters is 1. The maximum absolute atomic E-state index is 12.5. The highest BCUT2D eigenvalue weighted by atomic mass is 32.2. The normalized spacial score (nSPS) is 17.3. The molecule has 1 aliphatic carbocycles. The van der Waals surface area contributed by atoms with Crippen molar-refractivity contribution in [3.8, 4) is 0 Å². The fraction of sp³-hybridized carbons (Fsp3) is 0.500.